The fraction of sp³-hybridized carbons (Fsp3) is 1.00. The van der Waals surface area contributed by atoms with Gasteiger partial charge in [0.2, 0.25) is 0 Å². The Hall–Kier alpha value is 1.24. The third kappa shape index (κ3) is 3.80. The second-order valence-corrected chi connectivity index (χ2v) is 25.6. The van der Waals surface area contributed by atoms with Crippen molar-refractivity contribution in [2.24, 2.45) is 0 Å². The van der Waals surface area contributed by atoms with Crippen molar-refractivity contribution < 1.29 is 0 Å². The molecule has 0 nitrogen and oxygen atoms in total. The van der Waals surface area contributed by atoms with E-state index in [1.54, 1.807) is 0 Å². The first-order valence-corrected chi connectivity index (χ1v) is 14.0. The number of hydrogen-bond acceptors (Lipinski definition) is 2. The molecule has 0 saturated heterocycles. The first-order chi connectivity index (χ1) is 3.12. The predicted molar refractivity (Wildman–Crippen MR) is 44.5 cm³/mol. The summed E-state index contributed by atoms with van der Waals surface area (Å²) in [4.78, 5) is 0. The van der Waals surface area contributed by atoms with Gasteiger partial charge in [-0.1, -0.05) is 0 Å². The van der Waals surface area contributed by atoms with Gasteiger partial charge in [0.25, 0.3) is 0 Å². The molecule has 0 N–H and O–H groups in total. The van der Waals surface area contributed by atoms with Gasteiger partial charge in [0.05, 0.1) is 0 Å². The van der Waals surface area contributed by atoms with Crippen molar-refractivity contribution in [2.75, 3.05) is 12.5 Å². The van der Waals surface area contributed by atoms with Gasteiger partial charge in [-0.2, -0.15) is 0 Å². The monoisotopic (exact) mass is 198 g/mol. The Labute approximate surface area is 55.2 Å². The molecule has 0 heterocycles. The molecule has 0 fully saturated rings. The molecule has 0 aromatic heterocycles. The molecule has 0 amide bonds. The predicted octanol–water partition coefficient (Wildman–Crippen LogP) is 2.41. The van der Waals surface area contributed by atoms with Crippen LogP contribution in [0.25, 0.3) is 0 Å². The second-order valence-electron chi connectivity index (χ2n) is 1.81. The number of rotatable bonds is 2. The van der Waals surface area contributed by atoms with Crippen LogP contribution in [0.5, 0.6) is 0 Å². The van der Waals surface area contributed by atoms with Crippen molar-refractivity contribution in [1.29, 1.82) is 0 Å². The topological polar surface area (TPSA) is 0 Å². The second kappa shape index (κ2) is 3.30. The van der Waals surface area contributed by atoms with E-state index in [2.05, 4.69) is 44.2 Å². The van der Waals surface area contributed by atoms with Gasteiger partial charge in [-0.05, 0) is 0 Å². The van der Waals surface area contributed by atoms with Crippen molar-refractivity contribution in [3.8, 4) is 0 Å². The Balaban J connectivity index is 3.36. The van der Waals surface area contributed by atoms with Gasteiger partial charge in [-0.3, -0.25) is 0 Å². The van der Waals surface area contributed by atoms with Gasteiger partial charge in [-0.15, -0.1) is 0 Å². The van der Waals surface area contributed by atoms with Crippen LogP contribution in [0.4, 0.5) is 0 Å². The normalized spacial score (nSPS) is 12.0. The Bertz CT molecular complexity index is 47.7. The van der Waals surface area contributed by atoms with Gasteiger partial charge in [-0.25, -0.2) is 0 Å². The third-order valence-electron chi connectivity index (χ3n) is 0.983. The molecule has 0 aliphatic heterocycles. The molecule has 0 radical (unpaired) electrons. The average molecular weight is 197 g/mol. The standard InChI is InChI=1S/C4H12GeS2/c1-5(2,6-3)7-4/h1-4H3. The molecule has 7 heavy (non-hydrogen) atoms. The van der Waals surface area contributed by atoms with E-state index in [4.69, 9.17) is 0 Å². The van der Waals surface area contributed by atoms with Crippen LogP contribution in [0.3, 0.4) is 0 Å². The van der Waals surface area contributed by atoms with Crippen molar-refractivity contribution in [3.05, 3.63) is 0 Å². The molecule has 0 aromatic rings. The molecule has 0 atom stereocenters. The molecule has 44 valence electrons. The molecular weight excluding hydrogens is 185 g/mol. The SMILES string of the molecule is C[S][Ge]([CH3])([CH3])[S]C. The van der Waals surface area contributed by atoms with E-state index in [-0.39, 0.29) is 0 Å². The summed E-state index contributed by atoms with van der Waals surface area (Å²) in [5, 5.41) is 0. The minimum atomic E-state index is -1.25. The van der Waals surface area contributed by atoms with Crippen LogP contribution in [-0.2, 0) is 0 Å². The van der Waals surface area contributed by atoms with Crippen molar-refractivity contribution in [2.45, 2.75) is 11.5 Å². The molecular formula is C4H12GeS2. The van der Waals surface area contributed by atoms with E-state index in [0.717, 1.165) is 0 Å². The first kappa shape index (κ1) is 8.24. The Morgan fingerprint density at radius 3 is 1.29 bits per heavy atom. The number of hydrogen-bond donors (Lipinski definition) is 0. The van der Waals surface area contributed by atoms with Crippen LogP contribution < -0.4 is 0 Å². The Kier molecular flexibility index (Phi) is 3.89. The van der Waals surface area contributed by atoms with Gasteiger partial charge in [0.15, 0.2) is 0 Å². The van der Waals surface area contributed by atoms with Crippen molar-refractivity contribution >= 4 is 31.2 Å². The van der Waals surface area contributed by atoms with E-state index in [1.807, 2.05) is 0 Å². The molecule has 3 heteroatoms. The summed E-state index contributed by atoms with van der Waals surface area (Å²) in [6, 6.07) is 0. The van der Waals surface area contributed by atoms with E-state index >= 15 is 0 Å². The zero-order valence-corrected chi connectivity index (χ0v) is 9.05. The van der Waals surface area contributed by atoms with Crippen LogP contribution in [0, 0.1) is 0 Å². The summed E-state index contributed by atoms with van der Waals surface area (Å²) in [6.07, 6.45) is 4.44. The van der Waals surface area contributed by atoms with Gasteiger partial charge in [0, 0.05) is 0 Å². The fourth-order valence-corrected chi connectivity index (χ4v) is 3.90. The molecule has 0 aliphatic rings. The summed E-state index contributed by atoms with van der Waals surface area (Å²) >= 11 is 0. The van der Waals surface area contributed by atoms with Gasteiger partial charge >= 0.3 is 55.2 Å². The van der Waals surface area contributed by atoms with Crippen LogP contribution in [0.15, 0.2) is 0 Å². The quantitative estimate of drug-likeness (QED) is 0.623. The van der Waals surface area contributed by atoms with Gasteiger partial charge < -0.3 is 0 Å². The minimum absolute atomic E-state index is 1.25. The molecule has 0 unspecified atom stereocenters. The summed E-state index contributed by atoms with van der Waals surface area (Å²) in [7, 11) is 2.91. The molecule has 0 bridgehead atoms. The molecule has 0 rings (SSSR count). The summed E-state index contributed by atoms with van der Waals surface area (Å²) in [6.45, 7) is 0. The average Bonchev–Trinajstić information content (AvgIpc) is 1.68. The first-order valence-electron chi connectivity index (χ1n) is 2.22. The Morgan fingerprint density at radius 2 is 1.29 bits per heavy atom. The third-order valence-corrected chi connectivity index (χ3v) is 20.5. The maximum atomic E-state index is 2.41. The van der Waals surface area contributed by atoms with Crippen LogP contribution in [0.1, 0.15) is 0 Å². The summed E-state index contributed by atoms with van der Waals surface area (Å²) < 4.78 is 0. The van der Waals surface area contributed by atoms with Crippen LogP contribution >= 0.6 is 20.2 Å². The van der Waals surface area contributed by atoms with E-state index in [0.29, 0.717) is 0 Å². The summed E-state index contributed by atoms with van der Waals surface area (Å²) in [5.41, 5.74) is 0. The van der Waals surface area contributed by atoms with Crippen LogP contribution in [0.2, 0.25) is 11.5 Å². The molecule has 0 saturated carbocycles. The van der Waals surface area contributed by atoms with E-state index in [9.17, 15) is 0 Å². The maximum absolute atomic E-state index is 2.41. The summed E-state index contributed by atoms with van der Waals surface area (Å²) in [5.74, 6) is 4.82. The van der Waals surface area contributed by atoms with E-state index < -0.39 is 11.0 Å². The zero-order valence-electron chi connectivity index (χ0n) is 5.32. The fourth-order valence-electron chi connectivity index (χ4n) is 0.0833. The van der Waals surface area contributed by atoms with Crippen molar-refractivity contribution in [1.82, 2.24) is 0 Å². The van der Waals surface area contributed by atoms with Crippen molar-refractivity contribution in [3.63, 3.8) is 0 Å². The van der Waals surface area contributed by atoms with Crippen LogP contribution in [-0.4, -0.2) is 23.5 Å². The van der Waals surface area contributed by atoms with Gasteiger partial charge in [0.1, 0.15) is 0 Å². The molecule has 0 aliphatic carbocycles. The van der Waals surface area contributed by atoms with E-state index in [1.165, 1.54) is 0 Å². The Morgan fingerprint density at radius 1 is 1.00 bits per heavy atom. The molecule has 0 spiro atoms. The zero-order chi connectivity index (χ0) is 5.91. The molecule has 0 aromatic carbocycles.